The first-order valence-corrected chi connectivity index (χ1v) is 15.4. The zero-order valence-corrected chi connectivity index (χ0v) is 23.8. The number of aromatic hydroxyl groups is 1. The molecule has 40 heavy (non-hydrogen) atoms. The van der Waals surface area contributed by atoms with Crippen molar-refractivity contribution in [2.75, 3.05) is 21.8 Å². The Bertz CT molecular complexity index is 1200. The summed E-state index contributed by atoms with van der Waals surface area (Å²) >= 11 is 7.93. The predicted octanol–water partition coefficient (Wildman–Crippen LogP) is 4.28. The molecule has 3 heterocycles. The third-order valence-corrected chi connectivity index (χ3v) is 9.23. The zero-order chi connectivity index (χ0) is 27.9. The van der Waals surface area contributed by atoms with E-state index in [1.165, 1.54) is 18.9 Å². The number of hydrogen-bond acceptors (Lipinski definition) is 10. The number of thioether (sulfide) groups is 1. The number of aromatic nitrogens is 3. The molecule has 0 bridgehead atoms. The van der Waals surface area contributed by atoms with Crippen LogP contribution in [0.2, 0.25) is 5.02 Å². The van der Waals surface area contributed by atoms with Crippen LogP contribution in [0.15, 0.2) is 18.2 Å². The topological polar surface area (TPSA) is 165 Å². The highest BCUT2D eigenvalue weighted by Crippen LogP contribution is 2.33. The van der Waals surface area contributed by atoms with Crippen molar-refractivity contribution in [3.8, 4) is 5.75 Å². The monoisotopic (exact) mass is 589 g/mol. The fourth-order valence-electron chi connectivity index (χ4n) is 5.33. The van der Waals surface area contributed by atoms with Crippen LogP contribution in [0.4, 0.5) is 28.3 Å². The Balaban J connectivity index is 1.15. The Morgan fingerprint density at radius 2 is 1.82 bits per heavy atom. The number of phenols is 1. The number of amides is 3. The van der Waals surface area contributed by atoms with Gasteiger partial charge in [-0.1, -0.05) is 43.7 Å². The van der Waals surface area contributed by atoms with E-state index in [9.17, 15) is 14.7 Å². The number of nitrogens with one attached hydrogen (secondary N) is 6. The van der Waals surface area contributed by atoms with Crippen LogP contribution in [0, 0.1) is 0 Å². The third-order valence-electron chi connectivity index (χ3n) is 7.42. The molecule has 2 saturated heterocycles. The highest BCUT2D eigenvalue weighted by atomic mass is 35.5. The van der Waals surface area contributed by atoms with E-state index in [0.717, 1.165) is 50.7 Å². The lowest BCUT2D eigenvalue weighted by atomic mass is 10.0. The second-order valence-corrected chi connectivity index (χ2v) is 12.2. The fourth-order valence-corrected chi connectivity index (χ4v) is 7.06. The number of anilines is 4. The molecule has 14 heteroatoms. The van der Waals surface area contributed by atoms with Crippen molar-refractivity contribution in [3.63, 3.8) is 0 Å². The van der Waals surface area contributed by atoms with Crippen molar-refractivity contribution in [1.29, 1.82) is 0 Å². The van der Waals surface area contributed by atoms with Crippen LogP contribution >= 0.6 is 23.4 Å². The first kappa shape index (κ1) is 28.3. The van der Waals surface area contributed by atoms with E-state index < -0.39 is 0 Å². The summed E-state index contributed by atoms with van der Waals surface area (Å²) < 4.78 is 0. The molecule has 0 spiro atoms. The van der Waals surface area contributed by atoms with E-state index in [-0.39, 0.29) is 52.7 Å². The number of phenolic OH excluding ortho intramolecular Hbond substituents is 1. The standard InChI is InChI=1S/C26H36ClN9O3S/c27-17-13-16(11-12-19(17)37)29-24-32-23(28-15-7-3-1-2-4-8-15)33-25(34-24)36-35-21(38)10-6-5-9-20-22-18(14-40-20)30-26(39)31-22/h11-13,15,18,20,22,37H,1-10,14H2,(H,35,38)(H2,30,31,39)(H3,28,29,32,33,34,36). The molecule has 2 aromatic rings. The van der Waals surface area contributed by atoms with Gasteiger partial charge in [-0.3, -0.25) is 15.6 Å². The number of nitrogens with zero attached hydrogens (tertiary/aromatic N) is 3. The normalized spacial score (nSPS) is 22.5. The van der Waals surface area contributed by atoms with E-state index in [1.54, 1.807) is 12.1 Å². The zero-order valence-electron chi connectivity index (χ0n) is 22.2. The Morgan fingerprint density at radius 1 is 1.05 bits per heavy atom. The first-order chi connectivity index (χ1) is 19.4. The summed E-state index contributed by atoms with van der Waals surface area (Å²) in [4.78, 5) is 37.5. The minimum atomic E-state index is -0.161. The van der Waals surface area contributed by atoms with Crippen LogP contribution in [0.3, 0.4) is 0 Å². The molecule has 2 aliphatic heterocycles. The summed E-state index contributed by atoms with van der Waals surface area (Å²) in [6.45, 7) is 0. The first-order valence-electron chi connectivity index (χ1n) is 13.9. The molecule has 1 saturated carbocycles. The molecule has 216 valence electrons. The summed E-state index contributed by atoms with van der Waals surface area (Å²) in [6.07, 6.45) is 9.83. The van der Waals surface area contributed by atoms with Gasteiger partial charge in [-0.15, -0.1) is 0 Å². The second kappa shape index (κ2) is 13.4. The average Bonchev–Trinajstić information content (AvgIpc) is 3.36. The van der Waals surface area contributed by atoms with Gasteiger partial charge in [0.05, 0.1) is 17.1 Å². The van der Waals surface area contributed by atoms with Crippen LogP contribution in [-0.4, -0.2) is 61.1 Å². The van der Waals surface area contributed by atoms with Crippen LogP contribution in [0.25, 0.3) is 0 Å². The van der Waals surface area contributed by atoms with Crippen LogP contribution in [-0.2, 0) is 4.79 Å². The van der Waals surface area contributed by atoms with E-state index >= 15 is 0 Å². The summed E-state index contributed by atoms with van der Waals surface area (Å²) in [5.41, 5.74) is 6.13. The molecule has 1 aromatic carbocycles. The van der Waals surface area contributed by atoms with E-state index in [2.05, 4.69) is 47.1 Å². The molecule has 3 atom stereocenters. The molecule has 3 unspecified atom stereocenters. The van der Waals surface area contributed by atoms with Gasteiger partial charge >= 0.3 is 6.03 Å². The maximum absolute atomic E-state index is 12.5. The molecular formula is C26H36ClN9O3S. The average molecular weight is 590 g/mol. The third kappa shape index (κ3) is 7.72. The van der Waals surface area contributed by atoms with Crippen LogP contribution in [0.5, 0.6) is 5.75 Å². The van der Waals surface area contributed by atoms with Gasteiger partial charge in [0.25, 0.3) is 0 Å². The van der Waals surface area contributed by atoms with Gasteiger partial charge in [-0.2, -0.15) is 26.7 Å². The predicted molar refractivity (Wildman–Crippen MR) is 157 cm³/mol. The maximum Gasteiger partial charge on any atom is 0.315 e. The van der Waals surface area contributed by atoms with Gasteiger partial charge in [0.15, 0.2) is 0 Å². The number of carbonyl (C=O) groups is 2. The van der Waals surface area contributed by atoms with Crippen molar-refractivity contribution in [2.24, 2.45) is 0 Å². The number of rotatable bonds is 11. The quantitative estimate of drug-likeness (QED) is 0.0661. The minimum absolute atomic E-state index is 0.0165. The maximum atomic E-state index is 12.5. The molecule has 3 amide bonds. The van der Waals surface area contributed by atoms with Crippen LogP contribution in [0.1, 0.15) is 64.2 Å². The second-order valence-electron chi connectivity index (χ2n) is 10.5. The number of hydrazine groups is 1. The summed E-state index contributed by atoms with van der Waals surface area (Å²) in [5, 5.41) is 22.8. The fraction of sp³-hybridized carbons (Fsp3) is 0.577. The van der Waals surface area contributed by atoms with Crippen molar-refractivity contribution >= 4 is 58.8 Å². The van der Waals surface area contributed by atoms with Gasteiger partial charge in [0, 0.05) is 29.2 Å². The lowest BCUT2D eigenvalue weighted by Crippen LogP contribution is -2.36. The van der Waals surface area contributed by atoms with Gasteiger partial charge in [-0.25, -0.2) is 4.79 Å². The number of unbranched alkanes of at least 4 members (excludes halogenated alkanes) is 1. The summed E-state index contributed by atoms with van der Waals surface area (Å²) in [7, 11) is 0. The number of hydrogen-bond donors (Lipinski definition) is 7. The van der Waals surface area contributed by atoms with Gasteiger partial charge < -0.3 is 26.4 Å². The lowest BCUT2D eigenvalue weighted by Gasteiger charge is -2.18. The van der Waals surface area contributed by atoms with Crippen molar-refractivity contribution in [2.45, 2.75) is 87.6 Å². The summed E-state index contributed by atoms with van der Waals surface area (Å²) in [6, 6.07) is 5.31. The van der Waals surface area contributed by atoms with E-state index in [1.807, 2.05) is 11.8 Å². The Morgan fingerprint density at radius 3 is 2.62 bits per heavy atom. The van der Waals surface area contributed by atoms with Gasteiger partial charge in [0.1, 0.15) is 5.75 Å². The molecular weight excluding hydrogens is 554 g/mol. The molecule has 3 fully saturated rings. The summed E-state index contributed by atoms with van der Waals surface area (Å²) in [5.74, 6) is 1.63. The van der Waals surface area contributed by atoms with Crippen molar-refractivity contribution in [3.05, 3.63) is 23.2 Å². The molecule has 5 rings (SSSR count). The largest absolute Gasteiger partial charge is 0.506 e. The molecule has 1 aromatic heterocycles. The molecule has 12 nitrogen and oxygen atoms in total. The Labute approximate surface area is 242 Å². The smallest absolute Gasteiger partial charge is 0.315 e. The number of fused-ring (bicyclic) bond motifs is 1. The Hall–Kier alpha value is -3.19. The number of carbonyl (C=O) groups excluding carboxylic acids is 2. The molecule has 7 N–H and O–H groups in total. The van der Waals surface area contributed by atoms with Crippen molar-refractivity contribution in [1.82, 2.24) is 31.0 Å². The van der Waals surface area contributed by atoms with Crippen LogP contribution < -0.4 is 32.1 Å². The lowest BCUT2D eigenvalue weighted by molar-refractivity contribution is -0.120. The highest BCUT2D eigenvalue weighted by Gasteiger charge is 2.42. The highest BCUT2D eigenvalue weighted by molar-refractivity contribution is 8.00. The van der Waals surface area contributed by atoms with Crippen molar-refractivity contribution < 1.29 is 14.7 Å². The minimum Gasteiger partial charge on any atom is -0.506 e. The van der Waals surface area contributed by atoms with E-state index in [4.69, 9.17) is 11.6 Å². The molecule has 3 aliphatic rings. The SMILES string of the molecule is O=C(CCCCC1SCC2NC(=O)NC21)NNc1nc(Nc2ccc(O)c(Cl)c2)nc(NC2CCCCCC2)n1. The van der Waals surface area contributed by atoms with E-state index in [0.29, 0.717) is 23.3 Å². The number of benzene rings is 1. The number of urea groups is 1. The Kier molecular flexibility index (Phi) is 9.53. The number of halogens is 1. The van der Waals surface area contributed by atoms with Gasteiger partial charge in [-0.05, 0) is 43.9 Å². The molecule has 0 radical (unpaired) electrons. The van der Waals surface area contributed by atoms with Gasteiger partial charge in [0.2, 0.25) is 23.8 Å². The molecule has 1 aliphatic carbocycles.